The van der Waals surface area contributed by atoms with Crippen LogP contribution in [0.15, 0.2) is 24.3 Å². The SMILES string of the molecule is CC(=O)NC12CC3CC(C1)CC(C(=O)OCCOc1ccc(C)cc1)(C3)C2. The van der Waals surface area contributed by atoms with Gasteiger partial charge in [-0.25, -0.2) is 0 Å². The first-order chi connectivity index (χ1) is 12.9. The van der Waals surface area contributed by atoms with Gasteiger partial charge < -0.3 is 14.8 Å². The predicted molar refractivity (Wildman–Crippen MR) is 101 cm³/mol. The number of aryl methyl sites for hydroxylation is 1. The molecule has 4 aliphatic carbocycles. The summed E-state index contributed by atoms with van der Waals surface area (Å²) in [6.07, 6.45) is 5.74. The van der Waals surface area contributed by atoms with Gasteiger partial charge in [-0.15, -0.1) is 0 Å². The van der Waals surface area contributed by atoms with E-state index in [1.165, 1.54) is 12.0 Å². The van der Waals surface area contributed by atoms with Crippen molar-refractivity contribution in [2.24, 2.45) is 17.3 Å². The number of benzene rings is 1. The Balaban J connectivity index is 1.35. The Bertz CT molecular complexity index is 712. The highest BCUT2D eigenvalue weighted by Crippen LogP contribution is 2.62. The first-order valence-corrected chi connectivity index (χ1v) is 10.0. The normalized spacial score (nSPS) is 33.6. The number of carbonyl (C=O) groups excluding carboxylic acids is 2. The topological polar surface area (TPSA) is 64.6 Å². The lowest BCUT2D eigenvalue weighted by Crippen LogP contribution is -2.64. The van der Waals surface area contributed by atoms with Crippen LogP contribution < -0.4 is 10.1 Å². The fraction of sp³-hybridized carbons (Fsp3) is 0.636. The van der Waals surface area contributed by atoms with Gasteiger partial charge in [-0.2, -0.15) is 0 Å². The second-order valence-corrected chi connectivity index (χ2v) is 9.00. The molecule has 146 valence electrons. The number of ether oxygens (including phenoxy) is 2. The minimum atomic E-state index is -0.420. The van der Waals surface area contributed by atoms with Crippen molar-refractivity contribution in [2.45, 2.75) is 57.9 Å². The molecule has 4 fully saturated rings. The second kappa shape index (κ2) is 6.84. The monoisotopic (exact) mass is 371 g/mol. The molecule has 4 bridgehead atoms. The molecule has 2 atom stereocenters. The van der Waals surface area contributed by atoms with Crippen LogP contribution in [0, 0.1) is 24.2 Å². The van der Waals surface area contributed by atoms with Crippen molar-refractivity contribution in [1.29, 1.82) is 0 Å². The number of nitrogens with one attached hydrogen (secondary N) is 1. The summed E-state index contributed by atoms with van der Waals surface area (Å²) in [5.41, 5.74) is 0.563. The Kier molecular flexibility index (Phi) is 4.65. The summed E-state index contributed by atoms with van der Waals surface area (Å²) in [7, 11) is 0. The largest absolute Gasteiger partial charge is 0.490 e. The smallest absolute Gasteiger partial charge is 0.312 e. The molecule has 5 heteroatoms. The molecule has 0 aromatic heterocycles. The maximum Gasteiger partial charge on any atom is 0.312 e. The zero-order valence-electron chi connectivity index (χ0n) is 16.3. The van der Waals surface area contributed by atoms with Gasteiger partial charge in [0.05, 0.1) is 5.41 Å². The highest BCUT2D eigenvalue weighted by atomic mass is 16.6. The molecular formula is C22H29NO4. The molecule has 0 aliphatic heterocycles. The van der Waals surface area contributed by atoms with Crippen LogP contribution in [0.1, 0.15) is 51.0 Å². The van der Waals surface area contributed by atoms with E-state index in [0.29, 0.717) is 18.4 Å². The van der Waals surface area contributed by atoms with E-state index in [-0.39, 0.29) is 24.0 Å². The third-order valence-corrected chi connectivity index (χ3v) is 6.54. The fourth-order valence-corrected chi connectivity index (χ4v) is 6.10. The number of rotatable bonds is 6. The lowest BCUT2D eigenvalue weighted by Gasteiger charge is -2.60. The summed E-state index contributed by atoms with van der Waals surface area (Å²) in [6.45, 7) is 4.22. The van der Waals surface area contributed by atoms with Crippen molar-refractivity contribution in [3.05, 3.63) is 29.8 Å². The first-order valence-electron chi connectivity index (χ1n) is 10.0. The predicted octanol–water partition coefficient (Wildman–Crippen LogP) is 3.39. The molecule has 4 aliphatic rings. The van der Waals surface area contributed by atoms with Gasteiger partial charge in [0.1, 0.15) is 19.0 Å². The second-order valence-electron chi connectivity index (χ2n) is 9.00. The maximum absolute atomic E-state index is 13.0. The van der Waals surface area contributed by atoms with Crippen molar-refractivity contribution in [3.8, 4) is 5.75 Å². The summed E-state index contributed by atoms with van der Waals surface area (Å²) in [5.74, 6) is 1.74. The van der Waals surface area contributed by atoms with Crippen LogP contribution in [0.5, 0.6) is 5.75 Å². The Morgan fingerprint density at radius 2 is 1.74 bits per heavy atom. The number of hydrogen-bond acceptors (Lipinski definition) is 4. The van der Waals surface area contributed by atoms with Crippen LogP contribution in [-0.4, -0.2) is 30.6 Å². The van der Waals surface area contributed by atoms with Crippen molar-refractivity contribution in [1.82, 2.24) is 5.32 Å². The molecule has 5 rings (SSSR count). The number of esters is 1. The zero-order chi connectivity index (χ0) is 19.1. The van der Waals surface area contributed by atoms with Gasteiger partial charge in [0, 0.05) is 12.5 Å². The average molecular weight is 371 g/mol. The Morgan fingerprint density at radius 1 is 1.07 bits per heavy atom. The van der Waals surface area contributed by atoms with Gasteiger partial charge in [0.25, 0.3) is 0 Å². The van der Waals surface area contributed by atoms with E-state index < -0.39 is 5.41 Å². The Labute approximate surface area is 160 Å². The van der Waals surface area contributed by atoms with E-state index in [9.17, 15) is 9.59 Å². The molecule has 1 aromatic carbocycles. The van der Waals surface area contributed by atoms with E-state index in [4.69, 9.17) is 9.47 Å². The van der Waals surface area contributed by atoms with Crippen molar-refractivity contribution >= 4 is 11.9 Å². The van der Waals surface area contributed by atoms with Gasteiger partial charge >= 0.3 is 5.97 Å². The number of hydrogen-bond donors (Lipinski definition) is 1. The van der Waals surface area contributed by atoms with Gasteiger partial charge in [-0.3, -0.25) is 9.59 Å². The van der Waals surface area contributed by atoms with Gasteiger partial charge in [-0.05, 0) is 69.4 Å². The summed E-state index contributed by atoms with van der Waals surface area (Å²) in [6, 6.07) is 7.84. The molecule has 4 saturated carbocycles. The third-order valence-electron chi connectivity index (χ3n) is 6.54. The molecule has 27 heavy (non-hydrogen) atoms. The molecule has 1 aromatic rings. The lowest BCUT2D eigenvalue weighted by molar-refractivity contribution is -0.176. The van der Waals surface area contributed by atoms with Crippen LogP contribution in [0.25, 0.3) is 0 Å². The molecule has 0 heterocycles. The molecule has 0 saturated heterocycles. The standard InChI is InChI=1S/C22H29NO4/c1-15-3-5-19(6-4-15)26-7-8-27-20(25)21-10-17-9-18(11-21)13-22(12-17,14-21)23-16(2)24/h3-6,17-18H,7-14H2,1-2H3,(H,23,24). The van der Waals surface area contributed by atoms with Crippen LogP contribution >= 0.6 is 0 Å². The van der Waals surface area contributed by atoms with Crippen molar-refractivity contribution < 1.29 is 19.1 Å². The van der Waals surface area contributed by atoms with Crippen LogP contribution in [0.3, 0.4) is 0 Å². The highest BCUT2D eigenvalue weighted by Gasteiger charge is 2.61. The van der Waals surface area contributed by atoms with Gasteiger partial charge in [0.2, 0.25) is 5.91 Å². The Hall–Kier alpha value is -2.04. The van der Waals surface area contributed by atoms with Crippen molar-refractivity contribution in [3.63, 3.8) is 0 Å². The summed E-state index contributed by atoms with van der Waals surface area (Å²) in [5, 5.41) is 3.19. The van der Waals surface area contributed by atoms with E-state index in [1.54, 1.807) is 6.92 Å². The molecule has 0 radical (unpaired) electrons. The van der Waals surface area contributed by atoms with E-state index in [2.05, 4.69) is 5.32 Å². The minimum absolute atomic E-state index is 0.00645. The number of carbonyl (C=O) groups is 2. The first kappa shape index (κ1) is 18.3. The minimum Gasteiger partial charge on any atom is -0.490 e. The molecule has 5 nitrogen and oxygen atoms in total. The number of amides is 1. The fourth-order valence-electron chi connectivity index (χ4n) is 6.10. The summed E-state index contributed by atoms with van der Waals surface area (Å²) in [4.78, 5) is 24.7. The average Bonchev–Trinajstić information content (AvgIpc) is 2.57. The van der Waals surface area contributed by atoms with Crippen LogP contribution in [0.2, 0.25) is 0 Å². The molecule has 1 amide bonds. The Morgan fingerprint density at radius 3 is 2.37 bits per heavy atom. The van der Waals surface area contributed by atoms with E-state index >= 15 is 0 Å². The molecular weight excluding hydrogens is 342 g/mol. The van der Waals surface area contributed by atoms with Gasteiger partial charge in [-0.1, -0.05) is 17.7 Å². The van der Waals surface area contributed by atoms with E-state index in [1.807, 2.05) is 31.2 Å². The highest BCUT2D eigenvalue weighted by molar-refractivity contribution is 5.79. The van der Waals surface area contributed by atoms with Crippen molar-refractivity contribution in [2.75, 3.05) is 13.2 Å². The maximum atomic E-state index is 13.0. The van der Waals surface area contributed by atoms with E-state index in [0.717, 1.165) is 37.9 Å². The lowest BCUT2D eigenvalue weighted by atomic mass is 9.47. The van der Waals surface area contributed by atoms with Gasteiger partial charge in [0.15, 0.2) is 0 Å². The summed E-state index contributed by atoms with van der Waals surface area (Å²) < 4.78 is 11.3. The molecule has 2 unspecified atom stereocenters. The zero-order valence-corrected chi connectivity index (χ0v) is 16.3. The van der Waals surface area contributed by atoms with Crippen LogP contribution in [-0.2, 0) is 14.3 Å². The molecule has 1 N–H and O–H groups in total. The summed E-state index contributed by atoms with van der Waals surface area (Å²) >= 11 is 0. The molecule has 0 spiro atoms. The third kappa shape index (κ3) is 3.69. The quantitative estimate of drug-likeness (QED) is 0.615. The van der Waals surface area contributed by atoms with Crippen LogP contribution in [0.4, 0.5) is 0 Å².